The highest BCUT2D eigenvalue weighted by molar-refractivity contribution is 5.85. The number of hydrogen-bond donors (Lipinski definition) is 3. The number of ether oxygens (including phenoxy) is 4. The van der Waals surface area contributed by atoms with Gasteiger partial charge in [-0.2, -0.15) is 0 Å². The summed E-state index contributed by atoms with van der Waals surface area (Å²) in [5, 5.41) is 20.4. The van der Waals surface area contributed by atoms with Crippen LogP contribution in [0.15, 0.2) is 54.6 Å². The third kappa shape index (κ3) is 7.15. The first kappa shape index (κ1) is 23.9. The molecular formula is C24H27NO8. The van der Waals surface area contributed by atoms with Gasteiger partial charge in [0, 0.05) is 17.8 Å². The predicted molar refractivity (Wildman–Crippen MR) is 120 cm³/mol. The number of aliphatic carboxylic acids is 1. The molecule has 1 aliphatic rings. The van der Waals surface area contributed by atoms with Crippen molar-refractivity contribution in [3.8, 4) is 17.2 Å². The summed E-state index contributed by atoms with van der Waals surface area (Å²) in [6.45, 7) is 2.17. The van der Waals surface area contributed by atoms with Crippen LogP contribution in [0.4, 0.5) is 10.5 Å². The van der Waals surface area contributed by atoms with E-state index in [1.807, 2.05) is 6.92 Å². The average Bonchev–Trinajstić information content (AvgIpc) is 3.27. The summed E-state index contributed by atoms with van der Waals surface area (Å²) in [5.74, 6) is 0.639. The molecule has 176 valence electrons. The van der Waals surface area contributed by atoms with E-state index >= 15 is 0 Å². The number of anilines is 1. The zero-order valence-corrected chi connectivity index (χ0v) is 18.2. The standard InChI is InChI=1S/C24H27NO8/c1-16(4-2-3-5-22(27)28)23(17-6-9-19(10-7-17)30-13-12-26)33-24(29)25-18-8-11-20-21(14-18)32-15-31-20/h3,5-11,14,16,23,26H,2,4,12-13,15H2,1H3,(H,25,29)(H,27,28)/b5-3+/t16-,23+/m1/s1. The molecule has 0 saturated carbocycles. The molecule has 0 aromatic heterocycles. The lowest BCUT2D eigenvalue weighted by Gasteiger charge is -2.25. The highest BCUT2D eigenvalue weighted by atomic mass is 16.7. The number of nitrogens with one attached hydrogen (secondary N) is 1. The molecule has 1 aliphatic heterocycles. The van der Waals surface area contributed by atoms with Crippen LogP contribution in [0.2, 0.25) is 0 Å². The second-order valence-electron chi connectivity index (χ2n) is 7.46. The van der Waals surface area contributed by atoms with E-state index in [-0.39, 0.29) is 25.9 Å². The van der Waals surface area contributed by atoms with Crippen LogP contribution >= 0.6 is 0 Å². The van der Waals surface area contributed by atoms with Crippen LogP contribution < -0.4 is 19.5 Å². The number of carboxylic acids is 1. The summed E-state index contributed by atoms with van der Waals surface area (Å²) in [7, 11) is 0. The summed E-state index contributed by atoms with van der Waals surface area (Å²) in [6, 6.07) is 12.1. The molecule has 0 spiro atoms. The fourth-order valence-electron chi connectivity index (χ4n) is 3.36. The highest BCUT2D eigenvalue weighted by Gasteiger charge is 2.24. The van der Waals surface area contributed by atoms with Crippen molar-refractivity contribution in [2.24, 2.45) is 5.92 Å². The van der Waals surface area contributed by atoms with Crippen molar-refractivity contribution >= 4 is 17.7 Å². The Morgan fingerprint density at radius 3 is 2.64 bits per heavy atom. The summed E-state index contributed by atoms with van der Waals surface area (Å²) in [5.41, 5.74) is 1.27. The molecule has 1 amide bonds. The molecule has 0 unspecified atom stereocenters. The number of amides is 1. The fraction of sp³-hybridized carbons (Fsp3) is 0.333. The Morgan fingerprint density at radius 1 is 1.15 bits per heavy atom. The van der Waals surface area contributed by atoms with Crippen LogP contribution in [-0.2, 0) is 9.53 Å². The molecule has 2 aromatic rings. The minimum absolute atomic E-state index is 0.0889. The monoisotopic (exact) mass is 457 g/mol. The van der Waals surface area contributed by atoms with E-state index in [2.05, 4.69) is 5.32 Å². The van der Waals surface area contributed by atoms with Gasteiger partial charge in [0.25, 0.3) is 0 Å². The molecule has 33 heavy (non-hydrogen) atoms. The number of carbonyl (C=O) groups excluding carboxylic acids is 1. The Kier molecular flexibility index (Phi) is 8.54. The molecule has 0 bridgehead atoms. The Morgan fingerprint density at radius 2 is 1.91 bits per heavy atom. The van der Waals surface area contributed by atoms with Gasteiger partial charge in [0.2, 0.25) is 6.79 Å². The van der Waals surface area contributed by atoms with E-state index in [1.165, 1.54) is 0 Å². The molecule has 0 saturated heterocycles. The van der Waals surface area contributed by atoms with Gasteiger partial charge in [-0.05, 0) is 48.6 Å². The zero-order valence-electron chi connectivity index (χ0n) is 18.2. The summed E-state index contributed by atoms with van der Waals surface area (Å²) in [4.78, 5) is 23.4. The van der Waals surface area contributed by atoms with Gasteiger partial charge in [-0.15, -0.1) is 0 Å². The number of aliphatic hydroxyl groups is 1. The Bertz CT molecular complexity index is 973. The Balaban J connectivity index is 1.69. The minimum Gasteiger partial charge on any atom is -0.491 e. The first-order chi connectivity index (χ1) is 16.0. The first-order valence-corrected chi connectivity index (χ1v) is 10.6. The van der Waals surface area contributed by atoms with Gasteiger partial charge >= 0.3 is 12.1 Å². The third-order valence-corrected chi connectivity index (χ3v) is 4.99. The van der Waals surface area contributed by atoms with E-state index < -0.39 is 18.2 Å². The van der Waals surface area contributed by atoms with Crippen molar-refractivity contribution in [2.75, 3.05) is 25.3 Å². The number of allylic oxidation sites excluding steroid dienone is 1. The van der Waals surface area contributed by atoms with Gasteiger partial charge in [-0.1, -0.05) is 25.1 Å². The lowest BCUT2D eigenvalue weighted by Crippen LogP contribution is -2.22. The first-order valence-electron chi connectivity index (χ1n) is 10.6. The van der Waals surface area contributed by atoms with Crippen molar-refractivity contribution in [2.45, 2.75) is 25.9 Å². The Labute approximate surface area is 191 Å². The molecule has 9 heteroatoms. The lowest BCUT2D eigenvalue weighted by molar-refractivity contribution is -0.131. The fourth-order valence-corrected chi connectivity index (χ4v) is 3.36. The number of carboxylic acid groups (broad SMARTS) is 1. The largest absolute Gasteiger partial charge is 0.491 e. The van der Waals surface area contributed by atoms with Crippen molar-refractivity contribution in [1.29, 1.82) is 0 Å². The topological polar surface area (TPSA) is 124 Å². The minimum atomic E-state index is -1.00. The SMILES string of the molecule is C[C@H](CC/C=C/C(=O)O)[C@H](OC(=O)Nc1ccc2c(c1)OCO2)c1ccc(OCCO)cc1. The molecular weight excluding hydrogens is 430 g/mol. The summed E-state index contributed by atoms with van der Waals surface area (Å²) in [6.07, 6.45) is 2.59. The van der Waals surface area contributed by atoms with Crippen molar-refractivity contribution < 1.29 is 38.7 Å². The second-order valence-corrected chi connectivity index (χ2v) is 7.46. The molecule has 0 fully saturated rings. The van der Waals surface area contributed by atoms with Crippen LogP contribution in [0.1, 0.15) is 31.4 Å². The molecule has 9 nitrogen and oxygen atoms in total. The van der Waals surface area contributed by atoms with E-state index in [0.717, 1.165) is 11.6 Å². The summed E-state index contributed by atoms with van der Waals surface area (Å²) >= 11 is 0. The van der Waals surface area contributed by atoms with Crippen molar-refractivity contribution in [3.05, 3.63) is 60.2 Å². The maximum Gasteiger partial charge on any atom is 0.412 e. The highest BCUT2D eigenvalue weighted by Crippen LogP contribution is 2.35. The molecule has 3 rings (SSSR count). The maximum absolute atomic E-state index is 12.7. The van der Waals surface area contributed by atoms with Crippen LogP contribution in [0.5, 0.6) is 17.2 Å². The van der Waals surface area contributed by atoms with Gasteiger partial charge < -0.3 is 29.2 Å². The zero-order chi connectivity index (χ0) is 23.6. The maximum atomic E-state index is 12.7. The number of fused-ring (bicyclic) bond motifs is 1. The van der Waals surface area contributed by atoms with Gasteiger partial charge in [-0.3, -0.25) is 5.32 Å². The van der Waals surface area contributed by atoms with E-state index in [9.17, 15) is 9.59 Å². The van der Waals surface area contributed by atoms with Gasteiger partial charge in [0.1, 0.15) is 18.5 Å². The summed E-state index contributed by atoms with van der Waals surface area (Å²) < 4.78 is 21.8. The second kappa shape index (κ2) is 11.8. The van der Waals surface area contributed by atoms with E-state index in [0.29, 0.717) is 35.8 Å². The van der Waals surface area contributed by atoms with Crippen LogP contribution in [0, 0.1) is 5.92 Å². The van der Waals surface area contributed by atoms with E-state index in [4.69, 9.17) is 29.2 Å². The average molecular weight is 457 g/mol. The molecule has 2 atom stereocenters. The van der Waals surface area contributed by atoms with E-state index in [1.54, 1.807) is 48.5 Å². The van der Waals surface area contributed by atoms with Crippen molar-refractivity contribution in [3.63, 3.8) is 0 Å². The Hall–Kier alpha value is -3.72. The number of aliphatic hydroxyl groups excluding tert-OH is 1. The normalized spacial score (nSPS) is 14.0. The molecule has 0 radical (unpaired) electrons. The van der Waals surface area contributed by atoms with Crippen molar-refractivity contribution in [1.82, 2.24) is 0 Å². The molecule has 0 aliphatic carbocycles. The number of benzene rings is 2. The van der Waals surface area contributed by atoms with Crippen LogP contribution in [0.3, 0.4) is 0 Å². The van der Waals surface area contributed by atoms with Crippen LogP contribution in [-0.4, -0.2) is 42.3 Å². The number of carbonyl (C=O) groups is 2. The molecule has 1 heterocycles. The quantitative estimate of drug-likeness (QED) is 0.430. The number of hydrogen-bond acceptors (Lipinski definition) is 7. The van der Waals surface area contributed by atoms with Gasteiger partial charge in [-0.25, -0.2) is 9.59 Å². The smallest absolute Gasteiger partial charge is 0.412 e. The van der Waals surface area contributed by atoms with Crippen LogP contribution in [0.25, 0.3) is 0 Å². The molecule has 2 aromatic carbocycles. The van der Waals surface area contributed by atoms with Gasteiger partial charge in [0.15, 0.2) is 11.5 Å². The number of rotatable bonds is 11. The predicted octanol–water partition coefficient (Wildman–Crippen LogP) is 4.13. The van der Waals surface area contributed by atoms with Gasteiger partial charge in [0.05, 0.1) is 6.61 Å². The third-order valence-electron chi connectivity index (χ3n) is 4.99. The lowest BCUT2D eigenvalue weighted by atomic mass is 9.93. The molecule has 3 N–H and O–H groups in total.